The van der Waals surface area contributed by atoms with Crippen LogP contribution in [0.4, 0.5) is 0 Å². The summed E-state index contributed by atoms with van der Waals surface area (Å²) in [6.45, 7) is 1.29. The Balaban J connectivity index is 2.30. The molecule has 1 saturated heterocycles. The van der Waals surface area contributed by atoms with Crippen molar-refractivity contribution in [3.8, 4) is 0 Å². The first kappa shape index (κ1) is 12.8. The zero-order valence-electron chi connectivity index (χ0n) is 10.1. The first-order valence-electron chi connectivity index (χ1n) is 5.63. The number of hydrogen-bond donors (Lipinski definition) is 1. The SMILES string of the molecule is COC1(Cn2cc(C(=O)O)ccc2=O)CCOC1. The van der Waals surface area contributed by atoms with Crippen LogP contribution in [0.25, 0.3) is 0 Å². The standard InChI is InChI=1S/C12H15NO5/c1-17-12(4-5-18-8-12)7-13-6-9(11(15)16)2-3-10(13)14/h2-3,6H,4-5,7-8H2,1H3,(H,15,16). The maximum absolute atomic E-state index is 11.7. The van der Waals surface area contributed by atoms with Gasteiger partial charge in [0.15, 0.2) is 0 Å². The molecule has 98 valence electrons. The fourth-order valence-corrected chi connectivity index (χ4v) is 2.03. The average Bonchev–Trinajstić information content (AvgIpc) is 2.81. The summed E-state index contributed by atoms with van der Waals surface area (Å²) in [6.07, 6.45) is 2.02. The summed E-state index contributed by atoms with van der Waals surface area (Å²) in [4.78, 5) is 22.6. The van der Waals surface area contributed by atoms with E-state index in [0.717, 1.165) is 0 Å². The van der Waals surface area contributed by atoms with E-state index >= 15 is 0 Å². The average molecular weight is 253 g/mol. The largest absolute Gasteiger partial charge is 0.478 e. The molecule has 0 aliphatic carbocycles. The lowest BCUT2D eigenvalue weighted by atomic mass is 10.0. The molecule has 6 nitrogen and oxygen atoms in total. The Bertz CT molecular complexity index is 501. The highest BCUT2D eigenvalue weighted by atomic mass is 16.5. The molecule has 0 saturated carbocycles. The molecule has 18 heavy (non-hydrogen) atoms. The van der Waals surface area contributed by atoms with Gasteiger partial charge in [0.2, 0.25) is 0 Å². The monoisotopic (exact) mass is 253 g/mol. The molecular formula is C12H15NO5. The molecule has 1 aromatic heterocycles. The molecule has 1 aliphatic heterocycles. The Hall–Kier alpha value is -1.66. The number of hydrogen-bond acceptors (Lipinski definition) is 4. The second-order valence-corrected chi connectivity index (χ2v) is 4.38. The molecule has 1 aliphatic rings. The minimum Gasteiger partial charge on any atom is -0.478 e. The number of rotatable bonds is 4. The van der Waals surface area contributed by atoms with E-state index < -0.39 is 11.6 Å². The number of pyridine rings is 1. The Morgan fingerprint density at radius 2 is 2.39 bits per heavy atom. The number of carboxylic acids is 1. The van der Waals surface area contributed by atoms with Crippen molar-refractivity contribution < 1.29 is 19.4 Å². The highest BCUT2D eigenvalue weighted by Gasteiger charge is 2.35. The van der Waals surface area contributed by atoms with Gasteiger partial charge in [-0.2, -0.15) is 0 Å². The van der Waals surface area contributed by atoms with Crippen molar-refractivity contribution in [3.63, 3.8) is 0 Å². The molecule has 2 heterocycles. The van der Waals surface area contributed by atoms with Crippen LogP contribution in [-0.4, -0.2) is 41.6 Å². The molecule has 1 aromatic rings. The topological polar surface area (TPSA) is 77.8 Å². The quantitative estimate of drug-likeness (QED) is 0.837. The van der Waals surface area contributed by atoms with E-state index in [1.54, 1.807) is 7.11 Å². The maximum atomic E-state index is 11.7. The molecule has 6 heteroatoms. The van der Waals surface area contributed by atoms with E-state index in [1.165, 1.54) is 22.9 Å². The fourth-order valence-electron chi connectivity index (χ4n) is 2.03. The third-order valence-corrected chi connectivity index (χ3v) is 3.19. The summed E-state index contributed by atoms with van der Waals surface area (Å²) < 4.78 is 12.1. The van der Waals surface area contributed by atoms with E-state index in [4.69, 9.17) is 14.6 Å². The molecule has 1 N–H and O–H groups in total. The highest BCUT2D eigenvalue weighted by Crippen LogP contribution is 2.24. The molecule has 0 bridgehead atoms. The fraction of sp³-hybridized carbons (Fsp3) is 0.500. The summed E-state index contributed by atoms with van der Waals surface area (Å²) >= 11 is 0. The van der Waals surface area contributed by atoms with Crippen molar-refractivity contribution in [2.75, 3.05) is 20.3 Å². The molecular weight excluding hydrogens is 238 g/mol. The van der Waals surface area contributed by atoms with Crippen molar-refractivity contribution in [2.45, 2.75) is 18.6 Å². The number of carbonyl (C=O) groups is 1. The number of methoxy groups -OCH3 is 1. The van der Waals surface area contributed by atoms with Gasteiger partial charge in [-0.1, -0.05) is 0 Å². The highest BCUT2D eigenvalue weighted by molar-refractivity contribution is 5.87. The second-order valence-electron chi connectivity index (χ2n) is 4.38. The van der Waals surface area contributed by atoms with Gasteiger partial charge >= 0.3 is 5.97 Å². The van der Waals surface area contributed by atoms with E-state index in [9.17, 15) is 9.59 Å². The normalized spacial score (nSPS) is 23.2. The van der Waals surface area contributed by atoms with Crippen molar-refractivity contribution in [2.24, 2.45) is 0 Å². The van der Waals surface area contributed by atoms with Crippen LogP contribution in [0, 0.1) is 0 Å². The smallest absolute Gasteiger partial charge is 0.337 e. The first-order chi connectivity index (χ1) is 8.56. The zero-order valence-corrected chi connectivity index (χ0v) is 10.1. The zero-order chi connectivity index (χ0) is 13.2. The Kier molecular flexibility index (Phi) is 3.49. The second kappa shape index (κ2) is 4.91. The van der Waals surface area contributed by atoms with Gasteiger partial charge in [-0.15, -0.1) is 0 Å². The van der Waals surface area contributed by atoms with Crippen LogP contribution in [0.2, 0.25) is 0 Å². The molecule has 0 radical (unpaired) electrons. The number of aromatic nitrogens is 1. The van der Waals surface area contributed by atoms with Crippen LogP contribution in [0.1, 0.15) is 16.8 Å². The Labute approximate surface area is 104 Å². The number of aromatic carboxylic acids is 1. The van der Waals surface area contributed by atoms with Gasteiger partial charge in [0.25, 0.3) is 5.56 Å². The molecule has 1 unspecified atom stereocenters. The van der Waals surface area contributed by atoms with Crippen LogP contribution in [0.5, 0.6) is 0 Å². The molecule has 1 fully saturated rings. The molecule has 0 spiro atoms. The van der Waals surface area contributed by atoms with Crippen molar-refractivity contribution in [1.82, 2.24) is 4.57 Å². The van der Waals surface area contributed by atoms with E-state index in [0.29, 0.717) is 26.2 Å². The van der Waals surface area contributed by atoms with Crippen LogP contribution in [-0.2, 0) is 16.0 Å². The van der Waals surface area contributed by atoms with Gasteiger partial charge in [-0.3, -0.25) is 4.79 Å². The first-order valence-corrected chi connectivity index (χ1v) is 5.63. The summed E-state index contributed by atoms with van der Waals surface area (Å²) in [6, 6.07) is 2.55. The Morgan fingerprint density at radius 1 is 1.61 bits per heavy atom. The van der Waals surface area contributed by atoms with Crippen LogP contribution < -0.4 is 5.56 Å². The number of nitrogens with zero attached hydrogens (tertiary/aromatic N) is 1. The lowest BCUT2D eigenvalue weighted by molar-refractivity contribution is -0.0301. The molecule has 2 rings (SSSR count). The van der Waals surface area contributed by atoms with Gasteiger partial charge in [0, 0.05) is 32.4 Å². The lowest BCUT2D eigenvalue weighted by Crippen LogP contribution is -2.40. The minimum absolute atomic E-state index is 0.0831. The summed E-state index contributed by atoms with van der Waals surface area (Å²) in [7, 11) is 1.57. The third kappa shape index (κ3) is 2.44. The van der Waals surface area contributed by atoms with Crippen LogP contribution in [0.15, 0.2) is 23.1 Å². The van der Waals surface area contributed by atoms with Crippen LogP contribution >= 0.6 is 0 Å². The van der Waals surface area contributed by atoms with E-state index in [-0.39, 0.29) is 11.1 Å². The number of carboxylic acid groups (broad SMARTS) is 1. The van der Waals surface area contributed by atoms with Gasteiger partial charge in [0.05, 0.1) is 18.7 Å². The molecule has 1 atom stereocenters. The van der Waals surface area contributed by atoms with Crippen molar-refractivity contribution >= 4 is 5.97 Å². The van der Waals surface area contributed by atoms with Crippen molar-refractivity contribution in [1.29, 1.82) is 0 Å². The summed E-state index contributed by atoms with van der Waals surface area (Å²) in [5.41, 5.74) is -0.705. The van der Waals surface area contributed by atoms with Crippen LogP contribution in [0.3, 0.4) is 0 Å². The predicted molar refractivity (Wildman–Crippen MR) is 62.8 cm³/mol. The predicted octanol–water partition coefficient (Wildman–Crippen LogP) is 0.352. The van der Waals surface area contributed by atoms with Gasteiger partial charge in [-0.25, -0.2) is 4.79 Å². The third-order valence-electron chi connectivity index (χ3n) is 3.19. The minimum atomic E-state index is -1.06. The molecule has 0 aromatic carbocycles. The lowest BCUT2D eigenvalue weighted by Gasteiger charge is -2.26. The van der Waals surface area contributed by atoms with Gasteiger partial charge < -0.3 is 19.1 Å². The maximum Gasteiger partial charge on any atom is 0.337 e. The van der Waals surface area contributed by atoms with Crippen molar-refractivity contribution in [3.05, 3.63) is 34.2 Å². The number of ether oxygens (including phenoxy) is 2. The van der Waals surface area contributed by atoms with E-state index in [1.807, 2.05) is 0 Å². The molecule has 0 amide bonds. The Morgan fingerprint density at radius 3 is 2.94 bits per heavy atom. The summed E-state index contributed by atoms with van der Waals surface area (Å²) in [5, 5.41) is 8.91. The summed E-state index contributed by atoms with van der Waals surface area (Å²) in [5.74, 6) is -1.06. The van der Waals surface area contributed by atoms with E-state index in [2.05, 4.69) is 0 Å². The van der Waals surface area contributed by atoms with Gasteiger partial charge in [0.1, 0.15) is 5.60 Å². The van der Waals surface area contributed by atoms with Gasteiger partial charge in [-0.05, 0) is 6.07 Å².